The molecule has 0 heterocycles. The Labute approximate surface area is 69.4 Å². The third-order valence-electron chi connectivity index (χ3n) is 0. The van der Waals surface area contributed by atoms with Crippen molar-refractivity contribution in [2.45, 2.75) is 6.92 Å². The Kier molecular flexibility index (Phi) is 30.8. The predicted molar refractivity (Wildman–Crippen MR) is 20.8 cm³/mol. The Morgan fingerprint density at radius 2 is 1.75 bits per heavy atom. The van der Waals surface area contributed by atoms with Crippen molar-refractivity contribution in [1.29, 1.82) is 0 Å². The van der Waals surface area contributed by atoms with Crippen LogP contribution in [0, 0.1) is 0 Å². The van der Waals surface area contributed by atoms with Crippen molar-refractivity contribution in [1.82, 2.24) is 0 Å². The van der Waals surface area contributed by atoms with Crippen LogP contribution in [0.5, 0.6) is 0 Å². The summed E-state index contributed by atoms with van der Waals surface area (Å²) in [6.07, 6.45) is -2.08. The zero-order chi connectivity index (χ0) is 6.28. The van der Waals surface area contributed by atoms with Crippen molar-refractivity contribution in [3.8, 4) is 0 Å². The molecule has 0 aromatic rings. The van der Waals surface area contributed by atoms with E-state index in [0.29, 0.717) is 0 Å². The molecule has 2 N–H and O–H groups in total. The molecular weight excluding hydrogens is 123 g/mol. The summed E-state index contributed by atoms with van der Waals surface area (Å²) in [5, 5.41) is 22.9. The number of aliphatic hydroxyl groups excluding tert-OH is 1. The van der Waals surface area contributed by atoms with Crippen LogP contribution >= 0.6 is 0 Å². The number of aliphatic hydroxyl groups is 1. The van der Waals surface area contributed by atoms with Gasteiger partial charge in [-0.15, -0.1) is 0 Å². The molecule has 44 valence electrons. The SMILES string of the molecule is CCO.O=C([O-])O.[Na+]. The summed E-state index contributed by atoms with van der Waals surface area (Å²) >= 11 is 0. The van der Waals surface area contributed by atoms with Gasteiger partial charge in [-0.3, -0.25) is 0 Å². The minimum atomic E-state index is -2.08. The topological polar surface area (TPSA) is 80.6 Å². The second-order valence-electron chi connectivity index (χ2n) is 0.582. The van der Waals surface area contributed by atoms with E-state index >= 15 is 0 Å². The van der Waals surface area contributed by atoms with Crippen molar-refractivity contribution in [3.63, 3.8) is 0 Å². The van der Waals surface area contributed by atoms with Crippen LogP contribution in [0.25, 0.3) is 0 Å². The molecule has 4 nitrogen and oxygen atoms in total. The van der Waals surface area contributed by atoms with Crippen molar-refractivity contribution in [3.05, 3.63) is 0 Å². The van der Waals surface area contributed by atoms with E-state index in [4.69, 9.17) is 20.1 Å². The molecule has 0 aromatic carbocycles. The van der Waals surface area contributed by atoms with Gasteiger partial charge < -0.3 is 20.1 Å². The third-order valence-corrected chi connectivity index (χ3v) is 0. The standard InChI is InChI=1S/C2H6O.CH2O3.Na/c1-2-3;2-1(3)4;/h3H,2H2,1H3;(H2,2,3,4);/q;;+1/p-1. The molecule has 0 bridgehead atoms. The van der Waals surface area contributed by atoms with Gasteiger partial charge >= 0.3 is 29.6 Å². The Balaban J connectivity index is -0.0000000575. The van der Waals surface area contributed by atoms with E-state index in [1.54, 1.807) is 6.92 Å². The maximum absolute atomic E-state index is 8.44. The quantitative estimate of drug-likeness (QED) is 0.326. The molecule has 0 rings (SSSR count). The Morgan fingerprint density at radius 3 is 1.75 bits per heavy atom. The first-order valence-electron chi connectivity index (χ1n) is 1.66. The summed E-state index contributed by atoms with van der Waals surface area (Å²) in [5.41, 5.74) is 0. The van der Waals surface area contributed by atoms with Gasteiger partial charge in [-0.1, -0.05) is 0 Å². The van der Waals surface area contributed by atoms with Gasteiger partial charge in [0.2, 0.25) is 6.16 Å². The summed E-state index contributed by atoms with van der Waals surface area (Å²) in [5.74, 6) is 0. The number of hydrogen-bond donors (Lipinski definition) is 2. The van der Waals surface area contributed by atoms with E-state index in [1.165, 1.54) is 0 Å². The van der Waals surface area contributed by atoms with Crippen LogP contribution in [0.1, 0.15) is 6.92 Å². The van der Waals surface area contributed by atoms with Crippen molar-refractivity contribution >= 4 is 6.16 Å². The molecule has 0 spiro atoms. The second kappa shape index (κ2) is 15.7. The van der Waals surface area contributed by atoms with Gasteiger partial charge in [0.15, 0.2) is 0 Å². The van der Waals surface area contributed by atoms with Crippen molar-refractivity contribution < 1.29 is 49.7 Å². The number of carbonyl (C=O) groups is 1. The number of rotatable bonds is 0. The largest absolute Gasteiger partial charge is 1.00 e. The molecule has 0 saturated heterocycles. The molecule has 0 amide bonds. The maximum atomic E-state index is 8.44. The average molecular weight is 130 g/mol. The van der Waals surface area contributed by atoms with Gasteiger partial charge in [-0.25, -0.2) is 0 Å². The zero-order valence-corrected chi connectivity index (χ0v) is 6.92. The van der Waals surface area contributed by atoms with Gasteiger partial charge in [-0.2, -0.15) is 0 Å². The van der Waals surface area contributed by atoms with Gasteiger partial charge in [-0.05, 0) is 6.92 Å². The fourth-order valence-electron chi connectivity index (χ4n) is 0. The molecule has 0 aromatic heterocycles. The molecule has 8 heavy (non-hydrogen) atoms. The Bertz CT molecular complexity index is 42.5. The van der Waals surface area contributed by atoms with Crippen LogP contribution < -0.4 is 34.7 Å². The molecule has 0 fully saturated rings. The summed E-state index contributed by atoms with van der Waals surface area (Å²) in [4.78, 5) is 8.44. The molecule has 0 aliphatic rings. The van der Waals surface area contributed by atoms with Crippen molar-refractivity contribution in [2.24, 2.45) is 0 Å². The van der Waals surface area contributed by atoms with Gasteiger partial charge in [0.1, 0.15) is 0 Å². The minimum Gasteiger partial charge on any atom is -0.565 e. The number of carboxylic acid groups (broad SMARTS) is 2. The van der Waals surface area contributed by atoms with Crippen molar-refractivity contribution in [2.75, 3.05) is 6.61 Å². The summed E-state index contributed by atoms with van der Waals surface area (Å²) in [6, 6.07) is 0. The first kappa shape index (κ1) is 15.7. The fraction of sp³-hybridized carbons (Fsp3) is 0.667. The predicted octanol–water partition coefficient (Wildman–Crippen LogP) is -4.11. The smallest absolute Gasteiger partial charge is 0.565 e. The van der Waals surface area contributed by atoms with E-state index in [1.807, 2.05) is 0 Å². The Hall–Kier alpha value is 0.230. The molecule has 0 aliphatic carbocycles. The van der Waals surface area contributed by atoms with Crippen LogP contribution in [-0.2, 0) is 0 Å². The fourth-order valence-corrected chi connectivity index (χ4v) is 0. The Morgan fingerprint density at radius 1 is 1.75 bits per heavy atom. The van der Waals surface area contributed by atoms with Crippen LogP contribution in [0.3, 0.4) is 0 Å². The molecule has 0 unspecified atom stereocenters. The van der Waals surface area contributed by atoms with Crippen LogP contribution in [0.15, 0.2) is 0 Å². The van der Waals surface area contributed by atoms with E-state index in [-0.39, 0.29) is 36.2 Å². The van der Waals surface area contributed by atoms with Gasteiger partial charge in [0.25, 0.3) is 0 Å². The molecule has 5 heteroatoms. The first-order chi connectivity index (χ1) is 3.15. The van der Waals surface area contributed by atoms with Crippen LogP contribution in [0.2, 0.25) is 0 Å². The van der Waals surface area contributed by atoms with Gasteiger partial charge in [0.05, 0.1) is 0 Å². The van der Waals surface area contributed by atoms with E-state index in [2.05, 4.69) is 0 Å². The summed E-state index contributed by atoms with van der Waals surface area (Å²) < 4.78 is 0. The van der Waals surface area contributed by atoms with Gasteiger partial charge in [0, 0.05) is 6.61 Å². The van der Waals surface area contributed by atoms with E-state index < -0.39 is 6.16 Å². The monoisotopic (exact) mass is 130 g/mol. The molecular formula is C3H7NaO4. The average Bonchev–Trinajstić information content (AvgIpc) is 1.33. The summed E-state index contributed by atoms with van der Waals surface area (Å²) in [7, 11) is 0. The molecule has 0 atom stereocenters. The second-order valence-corrected chi connectivity index (χ2v) is 0.582. The number of hydrogen-bond acceptors (Lipinski definition) is 3. The minimum absolute atomic E-state index is 0. The maximum Gasteiger partial charge on any atom is 1.00 e. The van der Waals surface area contributed by atoms with Crippen LogP contribution in [-0.4, -0.2) is 23.0 Å². The molecule has 0 aliphatic heterocycles. The normalized spacial score (nSPS) is 5.25. The summed E-state index contributed by atoms with van der Waals surface area (Å²) in [6.45, 7) is 1.93. The third kappa shape index (κ3) is 3220. The van der Waals surface area contributed by atoms with E-state index in [9.17, 15) is 0 Å². The zero-order valence-electron chi connectivity index (χ0n) is 4.92. The molecule has 0 saturated carbocycles. The van der Waals surface area contributed by atoms with E-state index in [0.717, 1.165) is 0 Å². The molecule has 0 radical (unpaired) electrons. The van der Waals surface area contributed by atoms with Crippen LogP contribution in [0.4, 0.5) is 4.79 Å². The first-order valence-corrected chi connectivity index (χ1v) is 1.66.